The van der Waals surface area contributed by atoms with Crippen LogP contribution in [0.4, 0.5) is 0 Å². The first kappa shape index (κ1) is 21.6. The zero-order valence-corrected chi connectivity index (χ0v) is 17.7. The van der Waals surface area contributed by atoms with Crippen molar-refractivity contribution in [1.29, 1.82) is 0 Å². The van der Waals surface area contributed by atoms with Crippen LogP contribution in [0.5, 0.6) is 5.75 Å². The fourth-order valence-electron chi connectivity index (χ4n) is 3.40. The number of hydrogen-bond donors (Lipinski definition) is 1. The molecule has 5 nitrogen and oxygen atoms in total. The molecule has 1 aliphatic rings. The summed E-state index contributed by atoms with van der Waals surface area (Å²) in [6.07, 6.45) is 2.11. The lowest BCUT2D eigenvalue weighted by Crippen LogP contribution is -2.44. The van der Waals surface area contributed by atoms with E-state index >= 15 is 0 Å². The highest BCUT2D eigenvalue weighted by Crippen LogP contribution is 2.28. The molecule has 29 heavy (non-hydrogen) atoms. The molecule has 156 valence electrons. The molecular formula is C23H29ClN2O3. The average molecular weight is 417 g/mol. The van der Waals surface area contributed by atoms with Gasteiger partial charge in [0.05, 0.1) is 25.9 Å². The lowest BCUT2D eigenvalue weighted by Gasteiger charge is -2.35. The summed E-state index contributed by atoms with van der Waals surface area (Å²) in [4.78, 5) is 15.0. The number of hydrogen-bond acceptors (Lipinski definition) is 4. The second-order valence-electron chi connectivity index (χ2n) is 7.12. The van der Waals surface area contributed by atoms with E-state index in [9.17, 15) is 4.79 Å². The van der Waals surface area contributed by atoms with Crippen molar-refractivity contribution in [2.45, 2.75) is 25.8 Å². The van der Waals surface area contributed by atoms with Crippen molar-refractivity contribution in [1.82, 2.24) is 10.2 Å². The van der Waals surface area contributed by atoms with E-state index in [0.29, 0.717) is 37.0 Å². The van der Waals surface area contributed by atoms with Crippen LogP contribution in [0, 0.1) is 0 Å². The van der Waals surface area contributed by atoms with E-state index in [1.54, 1.807) is 12.1 Å². The molecule has 1 amide bonds. The van der Waals surface area contributed by atoms with Crippen molar-refractivity contribution in [3.05, 3.63) is 64.7 Å². The van der Waals surface area contributed by atoms with Crippen LogP contribution in [0.15, 0.2) is 48.5 Å². The van der Waals surface area contributed by atoms with E-state index in [1.807, 2.05) is 36.4 Å². The normalized spacial score (nSPS) is 15.7. The predicted molar refractivity (Wildman–Crippen MR) is 116 cm³/mol. The maximum atomic E-state index is 12.7. The summed E-state index contributed by atoms with van der Waals surface area (Å²) >= 11 is 6.46. The summed E-state index contributed by atoms with van der Waals surface area (Å²) in [6.45, 7) is 6.32. The van der Waals surface area contributed by atoms with Crippen LogP contribution >= 0.6 is 11.6 Å². The fourth-order valence-corrected chi connectivity index (χ4v) is 3.66. The van der Waals surface area contributed by atoms with Crippen LogP contribution in [0.25, 0.3) is 0 Å². The van der Waals surface area contributed by atoms with Crippen molar-refractivity contribution in [3.63, 3.8) is 0 Å². The third kappa shape index (κ3) is 6.20. The van der Waals surface area contributed by atoms with Crippen molar-refractivity contribution in [3.8, 4) is 5.75 Å². The Kier molecular flexibility index (Phi) is 8.35. The topological polar surface area (TPSA) is 50.8 Å². The highest BCUT2D eigenvalue weighted by molar-refractivity contribution is 6.31. The van der Waals surface area contributed by atoms with Gasteiger partial charge in [0, 0.05) is 30.2 Å². The Morgan fingerprint density at radius 2 is 1.90 bits per heavy atom. The number of halogens is 1. The van der Waals surface area contributed by atoms with Crippen molar-refractivity contribution >= 4 is 17.5 Å². The first-order valence-electron chi connectivity index (χ1n) is 10.3. The second-order valence-corrected chi connectivity index (χ2v) is 7.53. The lowest BCUT2D eigenvalue weighted by molar-refractivity contribution is 0.0162. The van der Waals surface area contributed by atoms with Gasteiger partial charge in [-0.3, -0.25) is 9.69 Å². The van der Waals surface area contributed by atoms with E-state index in [1.165, 1.54) is 0 Å². The Morgan fingerprint density at radius 3 is 2.59 bits per heavy atom. The summed E-state index contributed by atoms with van der Waals surface area (Å²) in [6, 6.07) is 15.1. The molecule has 3 rings (SSSR count). The van der Waals surface area contributed by atoms with E-state index in [0.717, 1.165) is 37.2 Å². The average Bonchev–Trinajstić information content (AvgIpc) is 2.76. The number of ether oxygens (including phenoxy) is 2. The molecule has 0 spiro atoms. The van der Waals surface area contributed by atoms with Gasteiger partial charge in [-0.1, -0.05) is 43.1 Å². The fraction of sp³-hybridized carbons (Fsp3) is 0.435. The summed E-state index contributed by atoms with van der Waals surface area (Å²) in [5, 5.41) is 3.79. The maximum absolute atomic E-state index is 12.7. The Labute approximate surface area is 177 Å². The first-order chi connectivity index (χ1) is 14.2. The van der Waals surface area contributed by atoms with Crippen LogP contribution in [0.1, 0.15) is 41.7 Å². The van der Waals surface area contributed by atoms with Gasteiger partial charge in [0.15, 0.2) is 0 Å². The Balaban J connectivity index is 1.64. The minimum Gasteiger partial charge on any atom is -0.494 e. The number of rotatable bonds is 9. The molecule has 1 atom stereocenters. The van der Waals surface area contributed by atoms with E-state index in [2.05, 4.69) is 17.1 Å². The molecule has 1 N–H and O–H groups in total. The number of carbonyl (C=O) groups is 1. The number of nitrogens with one attached hydrogen (secondary N) is 1. The van der Waals surface area contributed by atoms with Crippen LogP contribution in [0.3, 0.4) is 0 Å². The molecule has 0 aliphatic carbocycles. The number of unbranched alkanes of at least 4 members (excludes halogenated alkanes) is 1. The lowest BCUT2D eigenvalue weighted by atomic mass is 10.0. The van der Waals surface area contributed by atoms with Crippen molar-refractivity contribution in [2.24, 2.45) is 0 Å². The van der Waals surface area contributed by atoms with E-state index in [4.69, 9.17) is 21.1 Å². The summed E-state index contributed by atoms with van der Waals surface area (Å²) in [5.74, 6) is 0.688. The third-order valence-corrected chi connectivity index (χ3v) is 5.43. The summed E-state index contributed by atoms with van der Waals surface area (Å²) < 4.78 is 11.1. The van der Waals surface area contributed by atoms with Crippen LogP contribution in [-0.4, -0.2) is 50.3 Å². The molecule has 1 saturated heterocycles. The zero-order chi connectivity index (χ0) is 20.5. The molecule has 1 heterocycles. The van der Waals surface area contributed by atoms with Crippen LogP contribution < -0.4 is 10.1 Å². The zero-order valence-electron chi connectivity index (χ0n) is 16.9. The number of carbonyl (C=O) groups excluding carboxylic acids is 1. The third-order valence-electron chi connectivity index (χ3n) is 5.09. The number of amides is 1. The van der Waals surface area contributed by atoms with Gasteiger partial charge in [-0.15, -0.1) is 0 Å². The summed E-state index contributed by atoms with van der Waals surface area (Å²) in [5.41, 5.74) is 1.64. The molecule has 2 aromatic carbocycles. The Morgan fingerprint density at radius 1 is 1.17 bits per heavy atom. The molecule has 0 bridgehead atoms. The number of benzene rings is 2. The maximum Gasteiger partial charge on any atom is 0.251 e. The van der Waals surface area contributed by atoms with Gasteiger partial charge < -0.3 is 14.8 Å². The number of nitrogens with zero attached hydrogens (tertiary/aromatic N) is 1. The van der Waals surface area contributed by atoms with E-state index < -0.39 is 0 Å². The molecule has 2 aromatic rings. The quantitative estimate of drug-likeness (QED) is 0.618. The smallest absolute Gasteiger partial charge is 0.251 e. The van der Waals surface area contributed by atoms with Gasteiger partial charge >= 0.3 is 0 Å². The molecule has 0 saturated carbocycles. The first-order valence-corrected chi connectivity index (χ1v) is 10.6. The minimum atomic E-state index is -0.101. The predicted octanol–water partition coefficient (Wildman–Crippen LogP) is 4.32. The second kappa shape index (κ2) is 11.2. The SMILES string of the molecule is CCCCOc1ccc(C(=O)NC[C@H](c2ccccc2Cl)N2CCOCC2)cc1. The highest BCUT2D eigenvalue weighted by atomic mass is 35.5. The monoisotopic (exact) mass is 416 g/mol. The van der Waals surface area contributed by atoms with Crippen molar-refractivity contribution in [2.75, 3.05) is 39.5 Å². The molecule has 0 radical (unpaired) electrons. The van der Waals surface area contributed by atoms with Gasteiger partial charge in [-0.2, -0.15) is 0 Å². The van der Waals surface area contributed by atoms with Gasteiger partial charge in [0.2, 0.25) is 0 Å². The van der Waals surface area contributed by atoms with Crippen LogP contribution in [-0.2, 0) is 4.74 Å². The van der Waals surface area contributed by atoms with Gasteiger partial charge in [0.25, 0.3) is 5.91 Å². The molecule has 1 fully saturated rings. The van der Waals surface area contributed by atoms with Gasteiger partial charge in [0.1, 0.15) is 5.75 Å². The van der Waals surface area contributed by atoms with Gasteiger partial charge in [-0.05, 0) is 42.3 Å². The minimum absolute atomic E-state index is 0.00759. The van der Waals surface area contributed by atoms with Crippen molar-refractivity contribution < 1.29 is 14.3 Å². The molecule has 1 aliphatic heterocycles. The Bertz CT molecular complexity index is 776. The highest BCUT2D eigenvalue weighted by Gasteiger charge is 2.25. The largest absolute Gasteiger partial charge is 0.494 e. The molecular weight excluding hydrogens is 388 g/mol. The molecule has 0 unspecified atom stereocenters. The number of morpholine rings is 1. The van der Waals surface area contributed by atoms with E-state index in [-0.39, 0.29) is 11.9 Å². The molecule has 6 heteroatoms. The van der Waals surface area contributed by atoms with Gasteiger partial charge in [-0.25, -0.2) is 0 Å². The summed E-state index contributed by atoms with van der Waals surface area (Å²) in [7, 11) is 0. The van der Waals surface area contributed by atoms with Crippen LogP contribution in [0.2, 0.25) is 5.02 Å². The molecule has 0 aromatic heterocycles. The Hall–Kier alpha value is -2.08. The standard InChI is InChI=1S/C23H29ClN2O3/c1-2-3-14-29-19-10-8-18(9-11-19)23(27)25-17-22(26-12-15-28-16-13-26)20-6-4-5-7-21(20)24/h4-11,22H,2-3,12-17H2,1H3,(H,25,27)/t22-/m1/s1.